The van der Waals surface area contributed by atoms with E-state index in [2.05, 4.69) is 5.32 Å². The van der Waals surface area contributed by atoms with Crippen molar-refractivity contribution in [1.29, 1.82) is 0 Å². The van der Waals surface area contributed by atoms with Gasteiger partial charge in [-0.05, 0) is 60.1 Å². The van der Waals surface area contributed by atoms with Crippen LogP contribution < -0.4 is 5.32 Å². The second-order valence-corrected chi connectivity index (χ2v) is 8.56. The van der Waals surface area contributed by atoms with E-state index < -0.39 is 59.0 Å². The molecule has 0 amide bonds. The molecule has 0 bridgehead atoms. The molecule has 1 saturated carbocycles. The van der Waals surface area contributed by atoms with E-state index in [1.165, 1.54) is 0 Å². The third-order valence-electron chi connectivity index (χ3n) is 6.65. The molecule has 3 unspecified atom stereocenters. The number of hydrogen-bond acceptors (Lipinski definition) is 2. The summed E-state index contributed by atoms with van der Waals surface area (Å²) < 4.78 is 134. The maximum atomic E-state index is 13.6. The fourth-order valence-corrected chi connectivity index (χ4v) is 5.12. The SMILES string of the molecule is OC(c1ccc2c(c1)C1CCCC1C(c1ccc(F)cc1C(F)(F)F)N2)(C(F)(F)F)C(F)(F)F. The molecule has 1 aliphatic heterocycles. The largest absolute Gasteiger partial charge is 0.430 e. The summed E-state index contributed by atoms with van der Waals surface area (Å²) in [6.07, 6.45) is -15.9. The second-order valence-electron chi connectivity index (χ2n) is 8.56. The fraction of sp³-hybridized carbons (Fsp3) is 0.455. The van der Waals surface area contributed by atoms with Crippen molar-refractivity contribution in [3.8, 4) is 0 Å². The summed E-state index contributed by atoms with van der Waals surface area (Å²) in [5.74, 6) is -2.35. The molecule has 1 fully saturated rings. The van der Waals surface area contributed by atoms with E-state index in [-0.39, 0.29) is 16.8 Å². The van der Waals surface area contributed by atoms with Crippen molar-refractivity contribution >= 4 is 5.69 Å². The third kappa shape index (κ3) is 3.79. The van der Waals surface area contributed by atoms with Gasteiger partial charge in [0.05, 0.1) is 11.6 Å². The first kappa shape index (κ1) is 24.6. The summed E-state index contributed by atoms with van der Waals surface area (Å²) in [7, 11) is 0. The Morgan fingerprint density at radius 3 is 2.03 bits per heavy atom. The summed E-state index contributed by atoms with van der Waals surface area (Å²) >= 11 is 0. The van der Waals surface area contributed by atoms with E-state index in [1.807, 2.05) is 0 Å². The molecule has 0 spiro atoms. The average molecular weight is 501 g/mol. The minimum absolute atomic E-state index is 0.0545. The molecule has 12 heteroatoms. The first-order chi connectivity index (χ1) is 15.6. The molecule has 1 aliphatic carbocycles. The van der Waals surface area contributed by atoms with E-state index in [4.69, 9.17) is 0 Å². The lowest BCUT2D eigenvalue weighted by molar-refractivity contribution is -0.376. The molecule has 3 atom stereocenters. The highest BCUT2D eigenvalue weighted by molar-refractivity contribution is 5.60. The summed E-state index contributed by atoms with van der Waals surface area (Å²) in [6, 6.07) is 3.18. The number of hydrogen-bond donors (Lipinski definition) is 2. The lowest BCUT2D eigenvalue weighted by Gasteiger charge is -2.40. The van der Waals surface area contributed by atoms with Crippen LogP contribution in [0.5, 0.6) is 0 Å². The number of halogens is 10. The van der Waals surface area contributed by atoms with Gasteiger partial charge in [-0.3, -0.25) is 0 Å². The molecule has 34 heavy (non-hydrogen) atoms. The lowest BCUT2D eigenvalue weighted by Crippen LogP contribution is -2.54. The quantitative estimate of drug-likeness (QED) is 0.427. The van der Waals surface area contributed by atoms with Gasteiger partial charge in [0.25, 0.3) is 5.60 Å². The van der Waals surface area contributed by atoms with Crippen LogP contribution in [-0.4, -0.2) is 17.5 Å². The highest BCUT2D eigenvalue weighted by Crippen LogP contribution is 2.56. The number of fused-ring (bicyclic) bond motifs is 3. The summed E-state index contributed by atoms with van der Waals surface area (Å²) in [4.78, 5) is 0. The van der Waals surface area contributed by atoms with Crippen molar-refractivity contribution in [1.82, 2.24) is 0 Å². The average Bonchev–Trinajstić information content (AvgIpc) is 3.20. The van der Waals surface area contributed by atoms with Gasteiger partial charge in [-0.2, -0.15) is 39.5 Å². The van der Waals surface area contributed by atoms with Gasteiger partial charge in [-0.25, -0.2) is 4.39 Å². The Labute approximate surface area is 186 Å². The molecular weight excluding hydrogens is 484 g/mol. The van der Waals surface area contributed by atoms with Crippen LogP contribution in [0.2, 0.25) is 0 Å². The number of anilines is 1. The zero-order chi connectivity index (χ0) is 25.3. The predicted octanol–water partition coefficient (Wildman–Crippen LogP) is 7.21. The fourth-order valence-electron chi connectivity index (χ4n) is 5.12. The van der Waals surface area contributed by atoms with Gasteiger partial charge in [0.1, 0.15) is 5.82 Å². The Hall–Kier alpha value is -2.50. The number of benzene rings is 2. The minimum atomic E-state index is -6.06. The van der Waals surface area contributed by atoms with E-state index in [1.54, 1.807) is 0 Å². The molecule has 0 radical (unpaired) electrons. The number of aliphatic hydroxyl groups is 1. The second kappa shape index (κ2) is 7.76. The van der Waals surface area contributed by atoms with E-state index >= 15 is 0 Å². The summed E-state index contributed by atoms with van der Waals surface area (Å²) in [5, 5.41) is 12.6. The van der Waals surface area contributed by atoms with Gasteiger partial charge in [-0.15, -0.1) is 0 Å². The smallest absolute Gasteiger partial charge is 0.378 e. The van der Waals surface area contributed by atoms with Crippen LogP contribution in [0.4, 0.5) is 49.6 Å². The molecule has 0 saturated heterocycles. The first-order valence-corrected chi connectivity index (χ1v) is 10.2. The van der Waals surface area contributed by atoms with Crippen molar-refractivity contribution in [3.63, 3.8) is 0 Å². The van der Waals surface area contributed by atoms with Crippen molar-refractivity contribution in [2.75, 3.05) is 5.32 Å². The third-order valence-corrected chi connectivity index (χ3v) is 6.65. The van der Waals surface area contributed by atoms with Crippen molar-refractivity contribution in [2.45, 2.75) is 55.4 Å². The van der Waals surface area contributed by atoms with Crippen LogP contribution in [0.3, 0.4) is 0 Å². The molecule has 2 aliphatic rings. The van der Waals surface area contributed by atoms with Crippen LogP contribution in [0.25, 0.3) is 0 Å². The topological polar surface area (TPSA) is 32.3 Å². The minimum Gasteiger partial charge on any atom is -0.378 e. The molecule has 186 valence electrons. The lowest BCUT2D eigenvalue weighted by atomic mass is 9.75. The monoisotopic (exact) mass is 501 g/mol. The molecule has 1 heterocycles. The predicted molar refractivity (Wildman–Crippen MR) is 100 cm³/mol. The van der Waals surface area contributed by atoms with Gasteiger partial charge in [0.15, 0.2) is 0 Å². The normalized spacial score (nSPS) is 23.3. The standard InChI is InChI=1S/C22H17F10NO/c23-11-5-6-14(16(9-11)20(24,25)26)18-13-3-1-2-12(13)15-8-10(4-7-17(15)33-18)19(34,21(27,28)29)22(30,31)32/h4-9,12-13,18,33-34H,1-3H2. The highest BCUT2D eigenvalue weighted by atomic mass is 19.4. The van der Waals surface area contributed by atoms with Crippen LogP contribution in [0, 0.1) is 11.7 Å². The summed E-state index contributed by atoms with van der Waals surface area (Å²) in [5.41, 5.74) is -7.89. The van der Waals surface area contributed by atoms with E-state index in [0.29, 0.717) is 37.5 Å². The van der Waals surface area contributed by atoms with Crippen molar-refractivity contribution < 1.29 is 49.0 Å². The maximum Gasteiger partial charge on any atom is 0.430 e. The number of rotatable bonds is 2. The van der Waals surface area contributed by atoms with E-state index in [9.17, 15) is 49.0 Å². The van der Waals surface area contributed by atoms with Gasteiger partial charge in [-0.1, -0.05) is 18.6 Å². The zero-order valence-corrected chi connectivity index (χ0v) is 17.0. The Kier molecular flexibility index (Phi) is 5.62. The molecule has 2 aromatic carbocycles. The van der Waals surface area contributed by atoms with Crippen LogP contribution >= 0.6 is 0 Å². The Morgan fingerprint density at radius 1 is 0.794 bits per heavy atom. The number of nitrogens with one attached hydrogen (secondary N) is 1. The molecule has 0 aromatic heterocycles. The molecule has 2 N–H and O–H groups in total. The first-order valence-electron chi connectivity index (χ1n) is 10.2. The van der Waals surface area contributed by atoms with Crippen LogP contribution in [0.15, 0.2) is 36.4 Å². The Balaban J connectivity index is 1.83. The zero-order valence-electron chi connectivity index (χ0n) is 17.0. The Morgan fingerprint density at radius 2 is 1.44 bits per heavy atom. The van der Waals surface area contributed by atoms with Crippen LogP contribution in [-0.2, 0) is 11.8 Å². The molecule has 4 rings (SSSR count). The Bertz CT molecular complexity index is 1070. The van der Waals surface area contributed by atoms with Gasteiger partial charge in [0.2, 0.25) is 0 Å². The summed E-state index contributed by atoms with van der Waals surface area (Å²) in [6.45, 7) is 0. The van der Waals surface area contributed by atoms with E-state index in [0.717, 1.165) is 18.2 Å². The maximum absolute atomic E-state index is 13.6. The molecule has 2 nitrogen and oxygen atoms in total. The number of alkyl halides is 9. The van der Waals surface area contributed by atoms with Gasteiger partial charge < -0.3 is 10.4 Å². The van der Waals surface area contributed by atoms with Crippen molar-refractivity contribution in [3.05, 3.63) is 64.5 Å². The van der Waals surface area contributed by atoms with Gasteiger partial charge in [0, 0.05) is 11.3 Å². The molecule has 2 aromatic rings. The van der Waals surface area contributed by atoms with Crippen LogP contribution in [0.1, 0.15) is 53.5 Å². The van der Waals surface area contributed by atoms with Gasteiger partial charge >= 0.3 is 18.5 Å². The molecular formula is C22H17F10NO. The highest BCUT2D eigenvalue weighted by Gasteiger charge is 2.71. The van der Waals surface area contributed by atoms with Crippen molar-refractivity contribution in [2.24, 2.45) is 5.92 Å².